The molecular weight excluding hydrogens is 313 g/mol. The van der Waals surface area contributed by atoms with E-state index < -0.39 is 6.04 Å². The fraction of sp³-hybridized carbons (Fsp3) is 0.154. The quantitative estimate of drug-likeness (QED) is 0.769. The molecule has 3 rings (SSSR count). The minimum atomic E-state index is -0.415. The average Bonchev–Trinajstić information content (AvgIpc) is 3.08. The summed E-state index contributed by atoms with van der Waals surface area (Å²) in [7, 11) is 0. The maximum atomic E-state index is 6.04. The van der Waals surface area contributed by atoms with Crippen LogP contribution in [0.1, 0.15) is 17.6 Å². The Hall–Kier alpha value is -1.89. The van der Waals surface area contributed by atoms with Crippen LogP contribution in [0.4, 0.5) is 0 Å². The van der Waals surface area contributed by atoms with Crippen molar-refractivity contribution < 1.29 is 4.52 Å². The fourth-order valence-electron chi connectivity index (χ4n) is 1.91. The predicted octanol–water partition coefficient (Wildman–Crippen LogP) is 3.01. The fourth-order valence-corrected chi connectivity index (χ4v) is 2.43. The molecule has 1 atom stereocenters. The number of H-pyrrole nitrogens is 1. The number of halogens is 2. The Morgan fingerprint density at radius 1 is 1.24 bits per heavy atom. The maximum Gasteiger partial charge on any atom is 0.244 e. The number of aromatic nitrogens is 4. The van der Waals surface area contributed by atoms with Crippen LogP contribution in [0.15, 0.2) is 35.2 Å². The van der Waals surface area contributed by atoms with Gasteiger partial charge in [0.1, 0.15) is 0 Å². The lowest BCUT2D eigenvalue weighted by atomic mass is 10.2. The molecule has 0 saturated carbocycles. The topological polar surface area (TPSA) is 93.6 Å². The van der Waals surface area contributed by atoms with Crippen molar-refractivity contribution in [2.24, 2.45) is 5.73 Å². The van der Waals surface area contributed by atoms with Gasteiger partial charge in [0.15, 0.2) is 0 Å². The van der Waals surface area contributed by atoms with Crippen molar-refractivity contribution in [2.75, 3.05) is 0 Å². The number of rotatable bonds is 4. The van der Waals surface area contributed by atoms with Gasteiger partial charge in [0.2, 0.25) is 11.7 Å². The van der Waals surface area contributed by atoms with Gasteiger partial charge in [0.25, 0.3) is 0 Å². The number of nitrogens with one attached hydrogen (secondary N) is 1. The van der Waals surface area contributed by atoms with E-state index in [1.54, 1.807) is 30.7 Å². The molecule has 0 fully saturated rings. The van der Waals surface area contributed by atoms with Gasteiger partial charge in [-0.1, -0.05) is 28.4 Å². The zero-order valence-electron chi connectivity index (χ0n) is 10.8. The van der Waals surface area contributed by atoms with Crippen LogP contribution < -0.4 is 5.73 Å². The number of aromatic amines is 1. The Labute approximate surface area is 130 Å². The SMILES string of the molecule is N[C@@H](Cc1cnc[nH]1)c1nc(-c2cc(Cl)cc(Cl)c2)no1. The van der Waals surface area contributed by atoms with Crippen molar-refractivity contribution in [2.45, 2.75) is 12.5 Å². The third-order valence-electron chi connectivity index (χ3n) is 2.87. The summed E-state index contributed by atoms with van der Waals surface area (Å²) in [6.07, 6.45) is 3.82. The molecule has 0 aliphatic rings. The minimum Gasteiger partial charge on any atom is -0.348 e. The molecule has 8 heteroatoms. The van der Waals surface area contributed by atoms with E-state index in [4.69, 9.17) is 33.5 Å². The lowest BCUT2D eigenvalue weighted by molar-refractivity contribution is 0.354. The van der Waals surface area contributed by atoms with Crippen LogP contribution in [0.2, 0.25) is 10.0 Å². The second-order valence-electron chi connectivity index (χ2n) is 4.50. The van der Waals surface area contributed by atoms with E-state index in [1.165, 1.54) is 0 Å². The second-order valence-corrected chi connectivity index (χ2v) is 5.37. The highest BCUT2D eigenvalue weighted by molar-refractivity contribution is 6.35. The van der Waals surface area contributed by atoms with Crippen LogP contribution in [0.25, 0.3) is 11.4 Å². The first-order valence-corrected chi connectivity index (χ1v) is 6.90. The molecule has 0 radical (unpaired) electrons. The molecule has 2 heterocycles. The molecule has 6 nitrogen and oxygen atoms in total. The van der Waals surface area contributed by atoms with Crippen molar-refractivity contribution in [3.63, 3.8) is 0 Å². The number of benzene rings is 1. The van der Waals surface area contributed by atoms with E-state index in [2.05, 4.69) is 20.1 Å². The molecule has 21 heavy (non-hydrogen) atoms. The Balaban J connectivity index is 1.82. The van der Waals surface area contributed by atoms with Crippen molar-refractivity contribution in [3.8, 4) is 11.4 Å². The van der Waals surface area contributed by atoms with Crippen LogP contribution in [0, 0.1) is 0 Å². The summed E-state index contributed by atoms with van der Waals surface area (Å²) < 4.78 is 5.20. The molecule has 0 saturated heterocycles. The molecule has 108 valence electrons. The summed E-state index contributed by atoms with van der Waals surface area (Å²) in [5.41, 5.74) is 7.61. The van der Waals surface area contributed by atoms with E-state index in [-0.39, 0.29) is 0 Å². The second kappa shape index (κ2) is 5.85. The summed E-state index contributed by atoms with van der Waals surface area (Å²) in [5.74, 6) is 0.741. The first kappa shape index (κ1) is 14.1. The lowest BCUT2D eigenvalue weighted by Crippen LogP contribution is -2.13. The van der Waals surface area contributed by atoms with E-state index in [9.17, 15) is 0 Å². The first-order chi connectivity index (χ1) is 10.1. The highest BCUT2D eigenvalue weighted by Gasteiger charge is 2.17. The smallest absolute Gasteiger partial charge is 0.244 e. The van der Waals surface area contributed by atoms with Gasteiger partial charge < -0.3 is 15.2 Å². The molecule has 0 bridgehead atoms. The number of imidazole rings is 1. The number of nitrogens with two attached hydrogens (primary N) is 1. The molecule has 0 aliphatic heterocycles. The van der Waals surface area contributed by atoms with E-state index in [0.29, 0.717) is 33.7 Å². The maximum absolute atomic E-state index is 6.04. The van der Waals surface area contributed by atoms with E-state index >= 15 is 0 Å². The van der Waals surface area contributed by atoms with Crippen molar-refractivity contribution in [1.82, 2.24) is 20.1 Å². The summed E-state index contributed by atoms with van der Waals surface area (Å²) in [5, 5.41) is 4.92. The predicted molar refractivity (Wildman–Crippen MR) is 79.0 cm³/mol. The summed E-state index contributed by atoms with van der Waals surface area (Å²) in [6, 6.07) is 4.64. The molecular formula is C13H11Cl2N5O. The van der Waals surface area contributed by atoms with Crippen molar-refractivity contribution >= 4 is 23.2 Å². The molecule has 2 aromatic heterocycles. The molecule has 0 unspecified atom stereocenters. The zero-order valence-corrected chi connectivity index (χ0v) is 12.3. The molecule has 3 aromatic rings. The molecule has 0 amide bonds. The highest BCUT2D eigenvalue weighted by atomic mass is 35.5. The molecule has 3 N–H and O–H groups in total. The van der Waals surface area contributed by atoms with Gasteiger partial charge >= 0.3 is 0 Å². The normalized spacial score (nSPS) is 12.5. The van der Waals surface area contributed by atoms with E-state index in [1.807, 2.05) is 0 Å². The zero-order chi connectivity index (χ0) is 14.8. The number of nitrogens with zero attached hydrogens (tertiary/aromatic N) is 3. The minimum absolute atomic E-state index is 0.343. The summed E-state index contributed by atoms with van der Waals surface area (Å²) in [4.78, 5) is 11.2. The Morgan fingerprint density at radius 3 is 2.67 bits per heavy atom. The van der Waals surface area contributed by atoms with Gasteiger partial charge in [-0.15, -0.1) is 0 Å². The average molecular weight is 324 g/mol. The van der Waals surface area contributed by atoms with Crippen LogP contribution in [-0.4, -0.2) is 20.1 Å². The van der Waals surface area contributed by atoms with Gasteiger partial charge in [-0.25, -0.2) is 4.98 Å². The van der Waals surface area contributed by atoms with Crippen molar-refractivity contribution in [1.29, 1.82) is 0 Å². The first-order valence-electron chi connectivity index (χ1n) is 6.15. The van der Waals surface area contributed by atoms with Crippen LogP contribution >= 0.6 is 23.2 Å². The standard InChI is InChI=1S/C13H11Cl2N5O/c14-8-1-7(2-9(15)3-8)12-19-13(21-20-12)11(16)4-10-5-17-6-18-10/h1-3,5-6,11H,4,16H2,(H,17,18)/t11-/m0/s1. The van der Waals surface area contributed by atoms with E-state index in [0.717, 1.165) is 5.69 Å². The third-order valence-corrected chi connectivity index (χ3v) is 3.31. The van der Waals surface area contributed by atoms with Gasteiger partial charge in [0.05, 0.1) is 12.4 Å². The third kappa shape index (κ3) is 3.24. The summed E-state index contributed by atoms with van der Waals surface area (Å²) >= 11 is 11.9. The van der Waals surface area contributed by atoms with Crippen molar-refractivity contribution in [3.05, 3.63) is 52.4 Å². The monoisotopic (exact) mass is 323 g/mol. The molecule has 0 aliphatic carbocycles. The van der Waals surface area contributed by atoms with Crippen LogP contribution in [0.5, 0.6) is 0 Å². The summed E-state index contributed by atoms with van der Waals surface area (Å²) in [6.45, 7) is 0. The Bertz CT molecular complexity index is 721. The van der Waals surface area contributed by atoms with Crippen LogP contribution in [0.3, 0.4) is 0 Å². The van der Waals surface area contributed by atoms with Gasteiger partial charge in [-0.3, -0.25) is 0 Å². The van der Waals surface area contributed by atoms with Gasteiger partial charge in [-0.2, -0.15) is 4.98 Å². The largest absolute Gasteiger partial charge is 0.348 e. The Morgan fingerprint density at radius 2 is 2.00 bits per heavy atom. The van der Waals surface area contributed by atoms with Gasteiger partial charge in [0, 0.05) is 33.9 Å². The van der Waals surface area contributed by atoms with Gasteiger partial charge in [-0.05, 0) is 18.2 Å². The Kier molecular flexibility index (Phi) is 3.92. The lowest BCUT2D eigenvalue weighted by Gasteiger charge is -2.03. The number of hydrogen-bond acceptors (Lipinski definition) is 5. The number of hydrogen-bond donors (Lipinski definition) is 2. The molecule has 0 spiro atoms. The highest BCUT2D eigenvalue weighted by Crippen LogP contribution is 2.26. The molecule has 1 aromatic carbocycles. The van der Waals surface area contributed by atoms with Crippen LogP contribution in [-0.2, 0) is 6.42 Å².